The molecule has 0 amide bonds. The number of aliphatic hydroxyl groups is 1. The standard InChI is InChI=1S/C21H33F7O5/c1-7-18(5,11-13(4)16(29)32-9-8-20(23,24)25)17(30)33-14(10-12(2)3)15(22)19(6,31)21(26,27)28/h12-15,31H,7-11H2,1-6H3. The molecule has 0 saturated heterocycles. The van der Waals surface area contributed by atoms with Crippen molar-refractivity contribution >= 4 is 11.9 Å². The fraction of sp³-hybridized carbons (Fsp3) is 0.905. The van der Waals surface area contributed by atoms with Gasteiger partial charge in [-0.1, -0.05) is 27.7 Å². The van der Waals surface area contributed by atoms with Crippen molar-refractivity contribution in [1.82, 2.24) is 0 Å². The van der Waals surface area contributed by atoms with Crippen LogP contribution in [0.5, 0.6) is 0 Å². The SMILES string of the molecule is CCC(C)(CC(C)C(=O)OCCC(F)(F)F)C(=O)OC(CC(C)C)C(F)C(C)(O)C(F)(F)F. The molecule has 0 saturated carbocycles. The van der Waals surface area contributed by atoms with Gasteiger partial charge in [-0.15, -0.1) is 0 Å². The van der Waals surface area contributed by atoms with Gasteiger partial charge < -0.3 is 14.6 Å². The normalized spacial score (nSPS) is 19.2. The molecular weight excluding hydrogens is 465 g/mol. The molecule has 0 radical (unpaired) electrons. The molecule has 5 atom stereocenters. The summed E-state index contributed by atoms with van der Waals surface area (Å²) in [6, 6.07) is 0. The summed E-state index contributed by atoms with van der Waals surface area (Å²) in [5.74, 6) is -3.51. The first-order valence-electron chi connectivity index (χ1n) is 10.6. The van der Waals surface area contributed by atoms with Crippen LogP contribution in [0.3, 0.4) is 0 Å². The molecule has 12 heteroatoms. The summed E-state index contributed by atoms with van der Waals surface area (Å²) in [5.41, 5.74) is -5.24. The fourth-order valence-electron chi connectivity index (χ4n) is 3.03. The largest absolute Gasteiger partial charge is 0.465 e. The molecule has 0 aromatic carbocycles. The van der Waals surface area contributed by atoms with Crippen LogP contribution in [-0.4, -0.2) is 53.9 Å². The number of halogens is 7. The Kier molecular flexibility index (Phi) is 11.1. The maximum atomic E-state index is 14.8. The third kappa shape index (κ3) is 9.66. The van der Waals surface area contributed by atoms with Crippen LogP contribution in [0.25, 0.3) is 0 Å². The molecule has 0 fully saturated rings. The molecule has 33 heavy (non-hydrogen) atoms. The van der Waals surface area contributed by atoms with Gasteiger partial charge in [-0.3, -0.25) is 9.59 Å². The predicted octanol–water partition coefficient (Wildman–Crippen LogP) is 5.53. The van der Waals surface area contributed by atoms with Crippen LogP contribution >= 0.6 is 0 Å². The van der Waals surface area contributed by atoms with Gasteiger partial charge in [0, 0.05) is 0 Å². The first kappa shape index (κ1) is 31.4. The lowest BCUT2D eigenvalue weighted by molar-refractivity contribution is -0.284. The van der Waals surface area contributed by atoms with E-state index in [9.17, 15) is 45.4 Å². The minimum absolute atomic E-state index is 0.0347. The molecule has 0 bridgehead atoms. The Morgan fingerprint density at radius 2 is 1.52 bits per heavy atom. The van der Waals surface area contributed by atoms with Crippen LogP contribution in [-0.2, 0) is 19.1 Å². The van der Waals surface area contributed by atoms with Gasteiger partial charge in [0.05, 0.1) is 24.4 Å². The van der Waals surface area contributed by atoms with E-state index in [0.29, 0.717) is 0 Å². The average molecular weight is 498 g/mol. The highest BCUT2D eigenvalue weighted by atomic mass is 19.4. The quantitative estimate of drug-likeness (QED) is 0.283. The Morgan fingerprint density at radius 1 is 1.00 bits per heavy atom. The molecule has 5 nitrogen and oxygen atoms in total. The number of hydrogen-bond donors (Lipinski definition) is 1. The monoisotopic (exact) mass is 498 g/mol. The Balaban J connectivity index is 5.46. The van der Waals surface area contributed by atoms with Crippen molar-refractivity contribution in [3.63, 3.8) is 0 Å². The van der Waals surface area contributed by atoms with Gasteiger partial charge in [0.25, 0.3) is 0 Å². The Hall–Kier alpha value is -1.59. The topological polar surface area (TPSA) is 72.8 Å². The molecule has 1 N–H and O–H groups in total. The Morgan fingerprint density at radius 3 is 1.91 bits per heavy atom. The van der Waals surface area contributed by atoms with Crippen molar-refractivity contribution in [2.24, 2.45) is 17.3 Å². The van der Waals surface area contributed by atoms with Crippen LogP contribution in [0, 0.1) is 17.3 Å². The van der Waals surface area contributed by atoms with E-state index in [1.165, 1.54) is 20.8 Å². The first-order chi connectivity index (χ1) is 14.7. The summed E-state index contributed by atoms with van der Waals surface area (Å²) in [6.45, 7) is 6.66. The highest BCUT2D eigenvalue weighted by Gasteiger charge is 2.59. The number of alkyl halides is 7. The zero-order chi connectivity index (χ0) is 26.4. The van der Waals surface area contributed by atoms with Crippen molar-refractivity contribution in [1.29, 1.82) is 0 Å². The number of rotatable bonds is 12. The summed E-state index contributed by atoms with van der Waals surface area (Å²) in [4.78, 5) is 24.8. The molecule has 0 aliphatic heterocycles. The van der Waals surface area contributed by atoms with E-state index in [2.05, 4.69) is 4.74 Å². The van der Waals surface area contributed by atoms with Gasteiger partial charge >= 0.3 is 24.3 Å². The average Bonchev–Trinajstić information content (AvgIpc) is 2.63. The van der Waals surface area contributed by atoms with Crippen LogP contribution in [0.2, 0.25) is 0 Å². The lowest BCUT2D eigenvalue weighted by atomic mass is 9.79. The fourth-order valence-corrected chi connectivity index (χ4v) is 3.03. The van der Waals surface area contributed by atoms with E-state index >= 15 is 0 Å². The van der Waals surface area contributed by atoms with Crippen LogP contribution < -0.4 is 0 Å². The van der Waals surface area contributed by atoms with E-state index in [0.717, 1.165) is 0 Å². The summed E-state index contributed by atoms with van der Waals surface area (Å²) < 4.78 is 100. The number of carbonyl (C=O) groups is 2. The molecule has 0 aromatic heterocycles. The number of esters is 2. The summed E-state index contributed by atoms with van der Waals surface area (Å²) >= 11 is 0. The molecule has 0 heterocycles. The van der Waals surface area contributed by atoms with Crippen molar-refractivity contribution in [2.75, 3.05) is 6.61 Å². The third-order valence-corrected chi connectivity index (χ3v) is 5.46. The van der Waals surface area contributed by atoms with Crippen molar-refractivity contribution in [2.45, 2.75) is 97.5 Å². The van der Waals surface area contributed by atoms with Gasteiger partial charge in [0.1, 0.15) is 6.10 Å². The first-order valence-corrected chi connectivity index (χ1v) is 10.6. The molecule has 0 aromatic rings. The van der Waals surface area contributed by atoms with E-state index in [1.807, 2.05) is 0 Å². The minimum Gasteiger partial charge on any atom is -0.465 e. The lowest BCUT2D eigenvalue weighted by Crippen LogP contribution is -2.56. The maximum absolute atomic E-state index is 14.8. The van der Waals surface area contributed by atoms with Crippen LogP contribution in [0.15, 0.2) is 0 Å². The zero-order valence-corrected chi connectivity index (χ0v) is 19.6. The molecule has 0 aliphatic rings. The van der Waals surface area contributed by atoms with Gasteiger partial charge in [0.15, 0.2) is 11.8 Å². The van der Waals surface area contributed by atoms with Gasteiger partial charge in [0.2, 0.25) is 0 Å². The Bertz CT molecular complexity index is 646. The summed E-state index contributed by atoms with van der Waals surface area (Å²) in [7, 11) is 0. The maximum Gasteiger partial charge on any atom is 0.419 e. The Labute approximate surface area is 189 Å². The number of carbonyl (C=O) groups excluding carboxylic acids is 2. The van der Waals surface area contributed by atoms with Crippen molar-refractivity contribution < 1.29 is 54.9 Å². The highest BCUT2D eigenvalue weighted by molar-refractivity contribution is 5.78. The predicted molar refractivity (Wildman–Crippen MR) is 105 cm³/mol. The lowest BCUT2D eigenvalue weighted by Gasteiger charge is -2.36. The third-order valence-electron chi connectivity index (χ3n) is 5.46. The highest BCUT2D eigenvalue weighted by Crippen LogP contribution is 2.39. The second-order valence-corrected chi connectivity index (χ2v) is 9.17. The summed E-state index contributed by atoms with van der Waals surface area (Å²) in [6.07, 6.45) is -16.6. The molecule has 0 spiro atoms. The molecular formula is C21H33F7O5. The van der Waals surface area contributed by atoms with Crippen molar-refractivity contribution in [3.05, 3.63) is 0 Å². The second-order valence-electron chi connectivity index (χ2n) is 9.17. The molecule has 5 unspecified atom stereocenters. The molecule has 0 rings (SSSR count). The minimum atomic E-state index is -5.32. The van der Waals surface area contributed by atoms with Gasteiger partial charge in [-0.2, -0.15) is 26.3 Å². The van der Waals surface area contributed by atoms with E-state index in [-0.39, 0.29) is 32.1 Å². The molecule has 196 valence electrons. The molecule has 0 aliphatic carbocycles. The van der Waals surface area contributed by atoms with Crippen LogP contribution in [0.4, 0.5) is 30.7 Å². The van der Waals surface area contributed by atoms with E-state index in [1.54, 1.807) is 13.8 Å². The van der Waals surface area contributed by atoms with Crippen LogP contribution in [0.1, 0.15) is 67.2 Å². The van der Waals surface area contributed by atoms with E-state index in [4.69, 9.17) is 4.74 Å². The summed E-state index contributed by atoms with van der Waals surface area (Å²) in [5, 5.41) is 9.70. The number of hydrogen-bond acceptors (Lipinski definition) is 5. The zero-order valence-electron chi connectivity index (χ0n) is 19.6. The van der Waals surface area contributed by atoms with Gasteiger partial charge in [-0.25, -0.2) is 4.39 Å². The van der Waals surface area contributed by atoms with E-state index < -0.39 is 66.5 Å². The number of ether oxygens (including phenoxy) is 2. The van der Waals surface area contributed by atoms with Gasteiger partial charge in [-0.05, 0) is 39.0 Å². The smallest absolute Gasteiger partial charge is 0.419 e. The van der Waals surface area contributed by atoms with Crippen molar-refractivity contribution in [3.8, 4) is 0 Å². The second kappa shape index (κ2) is 11.7.